The molecule has 4 rings (SSSR count). The standard InChI is InChI=1S/C24H34O5/c1-14(25)28-17-6-9-22(3)16(12-17)13-20(27)21-18(22)7-10-23(4)19(21)8-11-24(23,5)29-15(2)26/h13,17-19,21H,6-12H2,1-5H3/t17-,18+,19-,21-,22-,23-,24+/m1/s1. The van der Waals surface area contributed by atoms with E-state index < -0.39 is 5.60 Å². The van der Waals surface area contributed by atoms with Gasteiger partial charge in [0.25, 0.3) is 0 Å². The van der Waals surface area contributed by atoms with Crippen molar-refractivity contribution in [3.05, 3.63) is 11.6 Å². The van der Waals surface area contributed by atoms with Crippen molar-refractivity contribution >= 4 is 17.7 Å². The van der Waals surface area contributed by atoms with Gasteiger partial charge in [0.1, 0.15) is 11.7 Å². The van der Waals surface area contributed by atoms with Gasteiger partial charge < -0.3 is 9.47 Å². The van der Waals surface area contributed by atoms with Crippen LogP contribution in [0.4, 0.5) is 0 Å². The number of hydrogen-bond acceptors (Lipinski definition) is 5. The molecule has 7 atom stereocenters. The second-order valence-electron chi connectivity index (χ2n) is 10.5. The Hall–Kier alpha value is -1.65. The number of ether oxygens (including phenoxy) is 2. The molecule has 5 nitrogen and oxygen atoms in total. The number of esters is 2. The zero-order valence-electron chi connectivity index (χ0n) is 18.4. The van der Waals surface area contributed by atoms with E-state index in [9.17, 15) is 14.4 Å². The summed E-state index contributed by atoms with van der Waals surface area (Å²) in [5, 5.41) is 0. The first-order valence-electron chi connectivity index (χ1n) is 11.1. The number of allylic oxidation sites excluding steroid dienone is 1. The van der Waals surface area contributed by atoms with Gasteiger partial charge in [-0.15, -0.1) is 0 Å². The first kappa shape index (κ1) is 20.6. The Morgan fingerprint density at radius 2 is 1.66 bits per heavy atom. The van der Waals surface area contributed by atoms with E-state index in [1.165, 1.54) is 19.4 Å². The maximum Gasteiger partial charge on any atom is 0.303 e. The Balaban J connectivity index is 1.65. The van der Waals surface area contributed by atoms with Crippen molar-refractivity contribution in [2.24, 2.45) is 28.6 Å². The highest BCUT2D eigenvalue weighted by atomic mass is 16.6. The van der Waals surface area contributed by atoms with Gasteiger partial charge in [0.2, 0.25) is 0 Å². The molecule has 0 spiro atoms. The Labute approximate surface area is 173 Å². The van der Waals surface area contributed by atoms with Crippen molar-refractivity contribution in [1.82, 2.24) is 0 Å². The summed E-state index contributed by atoms with van der Waals surface area (Å²) < 4.78 is 11.3. The van der Waals surface area contributed by atoms with Crippen molar-refractivity contribution in [3.63, 3.8) is 0 Å². The summed E-state index contributed by atoms with van der Waals surface area (Å²) in [4.78, 5) is 36.6. The van der Waals surface area contributed by atoms with Gasteiger partial charge in [0.05, 0.1) is 0 Å². The Bertz CT molecular complexity index is 784. The third kappa shape index (κ3) is 2.98. The molecule has 0 bridgehead atoms. The van der Waals surface area contributed by atoms with E-state index in [2.05, 4.69) is 20.8 Å². The highest BCUT2D eigenvalue weighted by Gasteiger charge is 2.65. The summed E-state index contributed by atoms with van der Waals surface area (Å²) in [7, 11) is 0. The zero-order valence-corrected chi connectivity index (χ0v) is 18.4. The first-order valence-corrected chi connectivity index (χ1v) is 11.1. The quantitative estimate of drug-likeness (QED) is 0.641. The topological polar surface area (TPSA) is 69.7 Å². The van der Waals surface area contributed by atoms with Gasteiger partial charge in [0.15, 0.2) is 5.78 Å². The monoisotopic (exact) mass is 402 g/mol. The number of carbonyl (C=O) groups excluding carboxylic acids is 3. The predicted molar refractivity (Wildman–Crippen MR) is 108 cm³/mol. The third-order valence-corrected chi connectivity index (χ3v) is 9.13. The van der Waals surface area contributed by atoms with Gasteiger partial charge in [-0.25, -0.2) is 0 Å². The molecule has 4 aliphatic carbocycles. The van der Waals surface area contributed by atoms with Crippen molar-refractivity contribution in [2.45, 2.75) is 91.3 Å². The molecule has 0 saturated heterocycles. The minimum Gasteiger partial charge on any atom is -0.462 e. The second kappa shape index (κ2) is 6.68. The molecule has 0 N–H and O–H groups in total. The highest BCUT2D eigenvalue weighted by molar-refractivity contribution is 5.94. The third-order valence-electron chi connectivity index (χ3n) is 9.13. The van der Waals surface area contributed by atoms with Crippen LogP contribution in [0.3, 0.4) is 0 Å². The Morgan fingerprint density at radius 1 is 0.966 bits per heavy atom. The number of rotatable bonds is 2. The van der Waals surface area contributed by atoms with Crippen LogP contribution in [0.5, 0.6) is 0 Å². The Morgan fingerprint density at radius 3 is 2.31 bits per heavy atom. The van der Waals surface area contributed by atoms with Crippen LogP contribution < -0.4 is 0 Å². The molecule has 4 aliphatic rings. The molecule has 0 aromatic rings. The average Bonchev–Trinajstić information content (AvgIpc) is 2.86. The lowest BCUT2D eigenvalue weighted by Gasteiger charge is -2.58. The molecule has 5 heteroatoms. The molecule has 0 amide bonds. The van der Waals surface area contributed by atoms with Gasteiger partial charge in [-0.05, 0) is 68.8 Å². The first-order chi connectivity index (χ1) is 13.5. The molecule has 0 aromatic heterocycles. The summed E-state index contributed by atoms with van der Waals surface area (Å²) >= 11 is 0. The van der Waals surface area contributed by atoms with Crippen LogP contribution in [0.15, 0.2) is 11.6 Å². The molecule has 29 heavy (non-hydrogen) atoms. The predicted octanol–water partition coefficient (Wildman–Crippen LogP) is 4.38. The maximum atomic E-state index is 13.4. The fraction of sp³-hybridized carbons (Fsp3) is 0.792. The van der Waals surface area contributed by atoms with E-state index in [4.69, 9.17) is 9.47 Å². The normalized spacial score (nSPS) is 46.1. The minimum absolute atomic E-state index is 0.00300. The van der Waals surface area contributed by atoms with Crippen molar-refractivity contribution in [3.8, 4) is 0 Å². The van der Waals surface area contributed by atoms with Gasteiger partial charge >= 0.3 is 11.9 Å². The molecule has 3 fully saturated rings. The molecule has 0 unspecified atom stereocenters. The number of ketones is 1. The van der Waals surface area contributed by atoms with Crippen molar-refractivity contribution < 1.29 is 23.9 Å². The Kier molecular flexibility index (Phi) is 4.75. The molecular formula is C24H34O5. The SMILES string of the molecule is CC(=O)O[C@@H]1CC[C@]2(C)C(=CC(=O)[C@H]3[C@H]4CC[C@](C)(OC(C)=O)[C@]4(C)CC[C@@H]32)C1. The molecule has 0 aliphatic heterocycles. The van der Waals surface area contributed by atoms with E-state index in [1.807, 2.05) is 6.08 Å². The zero-order chi connectivity index (χ0) is 21.2. The fourth-order valence-electron chi connectivity index (χ4n) is 7.42. The number of hydrogen-bond donors (Lipinski definition) is 0. The summed E-state index contributed by atoms with van der Waals surface area (Å²) in [6.07, 6.45) is 7.98. The smallest absolute Gasteiger partial charge is 0.303 e. The molecule has 0 heterocycles. The van der Waals surface area contributed by atoms with Crippen LogP contribution in [-0.4, -0.2) is 29.4 Å². The van der Waals surface area contributed by atoms with Crippen LogP contribution in [-0.2, 0) is 23.9 Å². The van der Waals surface area contributed by atoms with E-state index in [0.29, 0.717) is 12.3 Å². The maximum absolute atomic E-state index is 13.4. The van der Waals surface area contributed by atoms with Gasteiger partial charge in [-0.2, -0.15) is 0 Å². The van der Waals surface area contributed by atoms with E-state index >= 15 is 0 Å². The van der Waals surface area contributed by atoms with E-state index in [-0.39, 0.29) is 46.5 Å². The lowest BCUT2D eigenvalue weighted by molar-refractivity contribution is -0.177. The average molecular weight is 403 g/mol. The summed E-state index contributed by atoms with van der Waals surface area (Å²) in [5.74, 6) is 0.330. The lowest BCUT2D eigenvalue weighted by Crippen LogP contribution is -2.57. The van der Waals surface area contributed by atoms with Crippen LogP contribution >= 0.6 is 0 Å². The largest absolute Gasteiger partial charge is 0.462 e. The molecule has 160 valence electrons. The second-order valence-corrected chi connectivity index (χ2v) is 10.5. The molecule has 0 radical (unpaired) electrons. The summed E-state index contributed by atoms with van der Waals surface area (Å²) in [6.45, 7) is 9.55. The lowest BCUT2D eigenvalue weighted by atomic mass is 9.46. The number of fused-ring (bicyclic) bond motifs is 5. The van der Waals surface area contributed by atoms with Crippen LogP contribution in [0.25, 0.3) is 0 Å². The van der Waals surface area contributed by atoms with Gasteiger partial charge in [-0.1, -0.05) is 19.4 Å². The highest BCUT2D eigenvalue weighted by Crippen LogP contribution is 2.67. The van der Waals surface area contributed by atoms with Crippen LogP contribution in [0, 0.1) is 28.6 Å². The van der Waals surface area contributed by atoms with Gasteiger partial charge in [-0.3, -0.25) is 14.4 Å². The van der Waals surface area contributed by atoms with E-state index in [0.717, 1.165) is 38.5 Å². The summed E-state index contributed by atoms with van der Waals surface area (Å²) in [5.41, 5.74) is 0.515. The van der Waals surface area contributed by atoms with Crippen LogP contribution in [0.1, 0.15) is 79.6 Å². The van der Waals surface area contributed by atoms with E-state index in [1.54, 1.807) is 0 Å². The molecular weight excluding hydrogens is 368 g/mol. The number of carbonyl (C=O) groups is 3. The molecule has 0 aromatic carbocycles. The fourth-order valence-corrected chi connectivity index (χ4v) is 7.42. The van der Waals surface area contributed by atoms with Crippen molar-refractivity contribution in [1.29, 1.82) is 0 Å². The molecule has 3 saturated carbocycles. The van der Waals surface area contributed by atoms with Crippen molar-refractivity contribution in [2.75, 3.05) is 0 Å². The van der Waals surface area contributed by atoms with Crippen LogP contribution in [0.2, 0.25) is 0 Å². The van der Waals surface area contributed by atoms with Gasteiger partial charge in [0, 0.05) is 31.6 Å². The summed E-state index contributed by atoms with van der Waals surface area (Å²) in [6, 6.07) is 0. The minimum atomic E-state index is -0.493.